The van der Waals surface area contributed by atoms with E-state index in [0.717, 1.165) is 35.2 Å². The summed E-state index contributed by atoms with van der Waals surface area (Å²) in [7, 11) is 1.85. The molecule has 0 spiro atoms. The third-order valence-corrected chi connectivity index (χ3v) is 4.32. The summed E-state index contributed by atoms with van der Waals surface area (Å²) in [6.45, 7) is 0.781. The van der Waals surface area contributed by atoms with Crippen molar-refractivity contribution in [3.63, 3.8) is 0 Å². The van der Waals surface area contributed by atoms with Crippen LogP contribution in [-0.4, -0.2) is 13.7 Å². The van der Waals surface area contributed by atoms with Gasteiger partial charge >= 0.3 is 0 Å². The summed E-state index contributed by atoms with van der Waals surface area (Å²) in [4.78, 5) is 0. The molecule has 0 aliphatic carbocycles. The molecule has 1 atom stereocenters. The lowest BCUT2D eigenvalue weighted by atomic mass is 9.94. The van der Waals surface area contributed by atoms with E-state index in [2.05, 4.69) is 27.3 Å². The minimum atomic E-state index is -0.210. The van der Waals surface area contributed by atoms with Gasteiger partial charge in [-0.1, -0.05) is 34.1 Å². The maximum atomic E-state index is 14.2. The van der Waals surface area contributed by atoms with Gasteiger partial charge in [0.2, 0.25) is 0 Å². The fourth-order valence-electron chi connectivity index (χ4n) is 2.80. The van der Waals surface area contributed by atoms with Crippen LogP contribution >= 0.6 is 15.9 Å². The van der Waals surface area contributed by atoms with Crippen LogP contribution in [0.15, 0.2) is 40.9 Å². The minimum Gasteiger partial charge on any atom is -0.493 e. The Balaban J connectivity index is 1.99. The summed E-state index contributed by atoms with van der Waals surface area (Å²) < 4.78 is 20.6. The van der Waals surface area contributed by atoms with Gasteiger partial charge in [-0.05, 0) is 49.2 Å². The van der Waals surface area contributed by atoms with Crippen molar-refractivity contribution in [2.75, 3.05) is 13.7 Å². The van der Waals surface area contributed by atoms with Crippen LogP contribution in [0, 0.1) is 5.82 Å². The van der Waals surface area contributed by atoms with Gasteiger partial charge in [0.15, 0.2) is 0 Å². The first-order valence-corrected chi connectivity index (χ1v) is 7.86. The summed E-state index contributed by atoms with van der Waals surface area (Å²) >= 11 is 3.30. The molecular weight excluding hydrogens is 333 g/mol. The van der Waals surface area contributed by atoms with Gasteiger partial charge in [-0.2, -0.15) is 0 Å². The molecule has 3 rings (SSSR count). The summed E-state index contributed by atoms with van der Waals surface area (Å²) in [6, 6.07) is 11.1. The van der Waals surface area contributed by atoms with Gasteiger partial charge < -0.3 is 10.1 Å². The van der Waals surface area contributed by atoms with Crippen LogP contribution in [0.1, 0.15) is 29.2 Å². The van der Waals surface area contributed by atoms with Crippen molar-refractivity contribution in [2.45, 2.75) is 18.9 Å². The largest absolute Gasteiger partial charge is 0.493 e. The zero-order valence-electron chi connectivity index (χ0n) is 11.8. The number of hydrogen-bond acceptors (Lipinski definition) is 2. The molecule has 0 aromatic heterocycles. The number of benzene rings is 2. The average Bonchev–Trinajstić information content (AvgIpc) is 2.50. The average molecular weight is 350 g/mol. The third-order valence-electron chi connectivity index (χ3n) is 3.83. The van der Waals surface area contributed by atoms with Gasteiger partial charge in [-0.25, -0.2) is 4.39 Å². The number of nitrogens with one attached hydrogen (secondary N) is 1. The highest BCUT2D eigenvalue weighted by atomic mass is 79.9. The SMILES string of the molecule is CNC(c1ccc2c(c1)CCCO2)c1ccc(Br)cc1F. The van der Waals surface area contributed by atoms with Gasteiger partial charge in [0.1, 0.15) is 11.6 Å². The van der Waals surface area contributed by atoms with E-state index >= 15 is 0 Å². The topological polar surface area (TPSA) is 21.3 Å². The molecule has 0 radical (unpaired) electrons. The highest BCUT2D eigenvalue weighted by Crippen LogP contribution is 2.31. The zero-order chi connectivity index (χ0) is 14.8. The smallest absolute Gasteiger partial charge is 0.129 e. The molecule has 1 unspecified atom stereocenters. The monoisotopic (exact) mass is 349 g/mol. The van der Waals surface area contributed by atoms with Crippen molar-refractivity contribution < 1.29 is 9.13 Å². The first kappa shape index (κ1) is 14.5. The van der Waals surface area contributed by atoms with Crippen molar-refractivity contribution in [1.29, 1.82) is 0 Å². The van der Waals surface area contributed by atoms with Crippen LogP contribution in [0.4, 0.5) is 4.39 Å². The van der Waals surface area contributed by atoms with E-state index in [4.69, 9.17) is 4.74 Å². The van der Waals surface area contributed by atoms with Crippen molar-refractivity contribution >= 4 is 15.9 Å². The Morgan fingerprint density at radius 2 is 2.10 bits per heavy atom. The van der Waals surface area contributed by atoms with Crippen LogP contribution in [0.25, 0.3) is 0 Å². The standard InChI is InChI=1S/C17H17BrFNO/c1-20-17(14-6-5-13(18)10-15(14)19)12-4-7-16-11(9-12)3-2-8-21-16/h4-7,9-10,17,20H,2-3,8H2,1H3. The van der Waals surface area contributed by atoms with Gasteiger partial charge in [-0.15, -0.1) is 0 Å². The predicted molar refractivity (Wildman–Crippen MR) is 85.3 cm³/mol. The molecule has 1 aliphatic heterocycles. The van der Waals surface area contributed by atoms with Gasteiger partial charge in [0.05, 0.1) is 12.6 Å². The molecule has 2 nitrogen and oxygen atoms in total. The van der Waals surface area contributed by atoms with Crippen LogP contribution in [0.5, 0.6) is 5.75 Å². The normalized spacial score (nSPS) is 15.2. The van der Waals surface area contributed by atoms with Crippen molar-refractivity contribution in [1.82, 2.24) is 5.32 Å². The lowest BCUT2D eigenvalue weighted by Gasteiger charge is -2.22. The van der Waals surface area contributed by atoms with Crippen LogP contribution in [0.2, 0.25) is 0 Å². The number of fused-ring (bicyclic) bond motifs is 1. The zero-order valence-corrected chi connectivity index (χ0v) is 13.4. The highest BCUT2D eigenvalue weighted by Gasteiger charge is 2.19. The van der Waals surface area contributed by atoms with E-state index in [0.29, 0.717) is 5.56 Å². The molecule has 21 heavy (non-hydrogen) atoms. The summed E-state index contributed by atoms with van der Waals surface area (Å²) in [6.07, 6.45) is 2.05. The summed E-state index contributed by atoms with van der Waals surface area (Å²) in [5.41, 5.74) is 2.91. The lowest BCUT2D eigenvalue weighted by molar-refractivity contribution is 0.288. The molecule has 1 heterocycles. The number of rotatable bonds is 3. The van der Waals surface area contributed by atoms with E-state index in [1.807, 2.05) is 31.3 Å². The van der Waals surface area contributed by atoms with Crippen LogP contribution < -0.4 is 10.1 Å². The lowest BCUT2D eigenvalue weighted by Crippen LogP contribution is -2.19. The Bertz CT molecular complexity index is 659. The minimum absolute atomic E-state index is 0.162. The maximum absolute atomic E-state index is 14.2. The van der Waals surface area contributed by atoms with Gasteiger partial charge in [-0.3, -0.25) is 0 Å². The second-order valence-corrected chi connectivity index (χ2v) is 6.12. The number of ether oxygens (including phenoxy) is 1. The molecular formula is C17H17BrFNO. The van der Waals surface area contributed by atoms with Crippen LogP contribution in [-0.2, 0) is 6.42 Å². The summed E-state index contributed by atoms with van der Waals surface area (Å²) in [5, 5.41) is 3.21. The Morgan fingerprint density at radius 1 is 1.24 bits per heavy atom. The Labute approximate surface area is 132 Å². The quantitative estimate of drug-likeness (QED) is 0.895. The second kappa shape index (κ2) is 6.16. The van der Waals surface area contributed by atoms with Gasteiger partial charge in [0.25, 0.3) is 0 Å². The predicted octanol–water partition coefficient (Wildman–Crippen LogP) is 4.22. The highest BCUT2D eigenvalue weighted by molar-refractivity contribution is 9.10. The molecule has 0 bridgehead atoms. The Morgan fingerprint density at radius 3 is 2.86 bits per heavy atom. The molecule has 0 amide bonds. The van der Waals surface area contributed by atoms with E-state index in [9.17, 15) is 4.39 Å². The molecule has 1 N–H and O–H groups in total. The van der Waals surface area contributed by atoms with Crippen molar-refractivity contribution in [3.8, 4) is 5.75 Å². The van der Waals surface area contributed by atoms with E-state index in [1.165, 1.54) is 11.6 Å². The molecule has 4 heteroatoms. The fourth-order valence-corrected chi connectivity index (χ4v) is 3.13. The second-order valence-electron chi connectivity index (χ2n) is 5.21. The fraction of sp³-hybridized carbons (Fsp3) is 0.294. The number of halogens is 2. The molecule has 2 aromatic carbocycles. The Hall–Kier alpha value is -1.39. The van der Waals surface area contributed by atoms with Crippen LogP contribution in [0.3, 0.4) is 0 Å². The summed E-state index contributed by atoms with van der Waals surface area (Å²) in [5.74, 6) is 0.744. The van der Waals surface area contributed by atoms with E-state index in [1.54, 1.807) is 0 Å². The molecule has 2 aromatic rings. The first-order chi connectivity index (χ1) is 10.2. The third kappa shape index (κ3) is 2.97. The van der Waals surface area contributed by atoms with Gasteiger partial charge in [0, 0.05) is 10.0 Å². The Kier molecular flexibility index (Phi) is 4.27. The molecule has 0 saturated heterocycles. The van der Waals surface area contributed by atoms with E-state index in [-0.39, 0.29) is 11.9 Å². The molecule has 1 aliphatic rings. The van der Waals surface area contributed by atoms with Crippen molar-refractivity contribution in [2.24, 2.45) is 0 Å². The maximum Gasteiger partial charge on any atom is 0.129 e. The molecule has 110 valence electrons. The van der Waals surface area contributed by atoms with E-state index < -0.39 is 0 Å². The number of aryl methyl sites for hydroxylation is 1. The molecule has 0 saturated carbocycles. The molecule has 0 fully saturated rings. The number of hydrogen-bond donors (Lipinski definition) is 1. The van der Waals surface area contributed by atoms with Crippen molar-refractivity contribution in [3.05, 3.63) is 63.4 Å². The first-order valence-electron chi connectivity index (χ1n) is 7.07.